The molecule has 1 aliphatic rings. The van der Waals surface area contributed by atoms with Gasteiger partial charge in [-0.15, -0.1) is 0 Å². The Morgan fingerprint density at radius 2 is 1.69 bits per heavy atom. The second-order valence-electron chi connectivity index (χ2n) is 9.07. The fourth-order valence-corrected chi connectivity index (χ4v) is 4.65. The fraction of sp³-hybridized carbons (Fsp3) is 0.172. The Labute approximate surface area is 204 Å². The Morgan fingerprint density at radius 1 is 0.886 bits per heavy atom. The number of aromatic nitrogens is 3. The van der Waals surface area contributed by atoms with Crippen LogP contribution in [0.3, 0.4) is 0 Å². The highest BCUT2D eigenvalue weighted by molar-refractivity contribution is 5.84. The fourth-order valence-electron chi connectivity index (χ4n) is 4.65. The van der Waals surface area contributed by atoms with Gasteiger partial charge in [0.15, 0.2) is 6.61 Å². The molecule has 174 valence electrons. The van der Waals surface area contributed by atoms with Crippen LogP contribution in [0.2, 0.25) is 0 Å². The Bertz CT molecular complexity index is 1550. The summed E-state index contributed by atoms with van der Waals surface area (Å²) in [6.07, 6.45) is 4.03. The quantitative estimate of drug-likeness (QED) is 0.354. The molecule has 0 spiro atoms. The monoisotopic (exact) mass is 462 g/mol. The van der Waals surface area contributed by atoms with Gasteiger partial charge in [0.2, 0.25) is 0 Å². The van der Waals surface area contributed by atoms with Crippen molar-refractivity contribution in [2.45, 2.75) is 26.9 Å². The third-order valence-corrected chi connectivity index (χ3v) is 6.75. The first-order valence-corrected chi connectivity index (χ1v) is 11.8. The van der Waals surface area contributed by atoms with Crippen LogP contribution in [0.25, 0.3) is 22.3 Å². The average Bonchev–Trinajstić information content (AvgIpc) is 3.60. The number of hydrogen-bond donors (Lipinski definition) is 0. The van der Waals surface area contributed by atoms with Crippen molar-refractivity contribution >= 4 is 16.7 Å². The summed E-state index contributed by atoms with van der Waals surface area (Å²) >= 11 is 0. The van der Waals surface area contributed by atoms with Crippen molar-refractivity contribution in [3.8, 4) is 17.3 Å². The van der Waals surface area contributed by atoms with Gasteiger partial charge in [-0.3, -0.25) is 4.79 Å². The summed E-state index contributed by atoms with van der Waals surface area (Å²) in [5.41, 5.74) is 5.48. The molecule has 6 heteroatoms. The molecule has 0 unspecified atom stereocenters. The molecule has 3 aromatic carbocycles. The second-order valence-corrected chi connectivity index (χ2v) is 9.07. The van der Waals surface area contributed by atoms with Crippen LogP contribution < -0.4 is 4.74 Å². The molecule has 35 heavy (non-hydrogen) atoms. The zero-order valence-electron chi connectivity index (χ0n) is 19.8. The number of rotatable bonds is 5. The molecule has 0 bridgehead atoms. The molecule has 0 atom stereocenters. The SMILES string of the molecule is Cc1ccc(-n2nc3c(c2-n2cccc2)CN(C(=O)COc2ccc4ccccc4c2)C3)cc1C. The van der Waals surface area contributed by atoms with E-state index in [1.165, 1.54) is 11.1 Å². The third kappa shape index (κ3) is 3.87. The summed E-state index contributed by atoms with van der Waals surface area (Å²) in [5, 5.41) is 7.17. The number of hydrogen-bond acceptors (Lipinski definition) is 3. The van der Waals surface area contributed by atoms with E-state index >= 15 is 0 Å². The van der Waals surface area contributed by atoms with Crippen molar-refractivity contribution < 1.29 is 9.53 Å². The van der Waals surface area contributed by atoms with Gasteiger partial charge in [0.05, 0.1) is 24.5 Å². The molecule has 2 aromatic heterocycles. The summed E-state index contributed by atoms with van der Waals surface area (Å²) in [6.45, 7) is 5.20. The van der Waals surface area contributed by atoms with Crippen LogP contribution in [0.1, 0.15) is 22.4 Å². The highest BCUT2D eigenvalue weighted by Gasteiger charge is 2.31. The summed E-state index contributed by atoms with van der Waals surface area (Å²) in [5.74, 6) is 1.62. The Balaban J connectivity index is 1.24. The van der Waals surface area contributed by atoms with Gasteiger partial charge in [-0.2, -0.15) is 5.10 Å². The summed E-state index contributed by atoms with van der Waals surface area (Å²) in [4.78, 5) is 14.9. The number of amides is 1. The van der Waals surface area contributed by atoms with E-state index in [2.05, 4.69) is 42.7 Å². The molecule has 0 aliphatic carbocycles. The van der Waals surface area contributed by atoms with Gasteiger partial charge in [0.25, 0.3) is 5.91 Å². The molecule has 0 saturated heterocycles. The smallest absolute Gasteiger partial charge is 0.261 e. The lowest BCUT2D eigenvalue weighted by molar-refractivity contribution is -0.134. The number of ether oxygens (including phenoxy) is 1. The normalized spacial score (nSPS) is 12.8. The van der Waals surface area contributed by atoms with Crippen LogP contribution >= 0.6 is 0 Å². The molecule has 1 amide bonds. The van der Waals surface area contributed by atoms with Crippen LogP contribution in [-0.4, -0.2) is 31.8 Å². The molecule has 3 heterocycles. The zero-order valence-corrected chi connectivity index (χ0v) is 19.8. The Morgan fingerprint density at radius 3 is 2.49 bits per heavy atom. The number of aryl methyl sites for hydroxylation is 2. The van der Waals surface area contributed by atoms with Gasteiger partial charge in [-0.1, -0.05) is 36.4 Å². The molecular weight excluding hydrogens is 436 g/mol. The maximum absolute atomic E-state index is 13.0. The van der Waals surface area contributed by atoms with E-state index in [1.807, 2.05) is 70.5 Å². The van der Waals surface area contributed by atoms with Crippen LogP contribution in [0.4, 0.5) is 0 Å². The Kier molecular flexibility index (Phi) is 5.14. The van der Waals surface area contributed by atoms with E-state index < -0.39 is 0 Å². The topological polar surface area (TPSA) is 52.3 Å². The van der Waals surface area contributed by atoms with E-state index in [0.717, 1.165) is 33.5 Å². The van der Waals surface area contributed by atoms with Crippen molar-refractivity contribution in [1.82, 2.24) is 19.2 Å². The molecule has 0 radical (unpaired) electrons. The number of fused-ring (bicyclic) bond motifs is 2. The van der Waals surface area contributed by atoms with Gasteiger partial charge >= 0.3 is 0 Å². The maximum atomic E-state index is 13.0. The second kappa shape index (κ2) is 8.47. The van der Waals surface area contributed by atoms with E-state index in [9.17, 15) is 4.79 Å². The first-order chi connectivity index (χ1) is 17.1. The standard InChI is InChI=1S/C29H26N4O2/c1-20-9-11-24(15-21(20)2)33-29(31-13-5-6-14-31)26-17-32(18-27(26)30-33)28(34)19-35-25-12-10-22-7-3-4-8-23(22)16-25/h3-16H,17-19H2,1-2H3. The molecule has 1 aliphatic heterocycles. The summed E-state index contributed by atoms with van der Waals surface area (Å²) < 4.78 is 9.92. The predicted molar refractivity (Wildman–Crippen MR) is 136 cm³/mol. The number of carbonyl (C=O) groups excluding carboxylic acids is 1. The Hall–Kier alpha value is -4.32. The lowest BCUT2D eigenvalue weighted by Gasteiger charge is -2.18. The molecule has 0 N–H and O–H groups in total. The highest BCUT2D eigenvalue weighted by atomic mass is 16.5. The minimum absolute atomic E-state index is 0.00136. The van der Waals surface area contributed by atoms with Crippen molar-refractivity contribution in [2.24, 2.45) is 0 Å². The van der Waals surface area contributed by atoms with Gasteiger partial charge in [0.1, 0.15) is 11.6 Å². The van der Waals surface area contributed by atoms with Crippen molar-refractivity contribution in [2.75, 3.05) is 6.61 Å². The van der Waals surface area contributed by atoms with Crippen molar-refractivity contribution in [1.29, 1.82) is 0 Å². The molecule has 5 aromatic rings. The molecule has 6 rings (SSSR count). The van der Waals surface area contributed by atoms with Crippen molar-refractivity contribution in [3.63, 3.8) is 0 Å². The third-order valence-electron chi connectivity index (χ3n) is 6.75. The minimum atomic E-state index is -0.0488. The minimum Gasteiger partial charge on any atom is -0.484 e. The average molecular weight is 463 g/mol. The first kappa shape index (κ1) is 21.2. The molecular formula is C29H26N4O2. The van der Waals surface area contributed by atoms with Crippen LogP contribution in [0.5, 0.6) is 5.75 Å². The predicted octanol–water partition coefficient (Wildman–Crippen LogP) is 5.35. The van der Waals surface area contributed by atoms with Gasteiger partial charge in [-0.25, -0.2) is 4.68 Å². The largest absolute Gasteiger partial charge is 0.484 e. The number of carbonyl (C=O) groups is 1. The van der Waals surface area contributed by atoms with Gasteiger partial charge < -0.3 is 14.2 Å². The van der Waals surface area contributed by atoms with E-state index in [0.29, 0.717) is 18.8 Å². The lowest BCUT2D eigenvalue weighted by atomic mass is 10.1. The summed E-state index contributed by atoms with van der Waals surface area (Å²) in [7, 11) is 0. The van der Waals surface area contributed by atoms with Gasteiger partial charge in [-0.05, 0) is 72.1 Å². The van der Waals surface area contributed by atoms with E-state index in [-0.39, 0.29) is 12.5 Å². The zero-order chi connectivity index (χ0) is 23.9. The summed E-state index contributed by atoms with van der Waals surface area (Å²) in [6, 6.07) is 24.4. The highest BCUT2D eigenvalue weighted by Crippen LogP contribution is 2.31. The van der Waals surface area contributed by atoms with Crippen LogP contribution in [-0.2, 0) is 17.9 Å². The van der Waals surface area contributed by atoms with Crippen molar-refractivity contribution in [3.05, 3.63) is 108 Å². The molecule has 0 fully saturated rings. The molecule has 6 nitrogen and oxygen atoms in total. The lowest BCUT2D eigenvalue weighted by Crippen LogP contribution is -2.31. The van der Waals surface area contributed by atoms with E-state index in [1.54, 1.807) is 0 Å². The van der Waals surface area contributed by atoms with Crippen LogP contribution in [0, 0.1) is 13.8 Å². The van der Waals surface area contributed by atoms with Crippen LogP contribution in [0.15, 0.2) is 85.2 Å². The first-order valence-electron chi connectivity index (χ1n) is 11.8. The number of nitrogens with zero attached hydrogens (tertiary/aromatic N) is 4. The molecule has 0 saturated carbocycles. The number of benzene rings is 3. The maximum Gasteiger partial charge on any atom is 0.261 e. The van der Waals surface area contributed by atoms with Gasteiger partial charge in [0, 0.05) is 18.0 Å². The van der Waals surface area contributed by atoms with E-state index in [4.69, 9.17) is 9.84 Å².